The van der Waals surface area contributed by atoms with Crippen LogP contribution in [0, 0.1) is 0 Å². The smallest absolute Gasteiger partial charge is 0.252 e. The van der Waals surface area contributed by atoms with Gasteiger partial charge >= 0.3 is 0 Å². The lowest BCUT2D eigenvalue weighted by Crippen LogP contribution is -2.24. The van der Waals surface area contributed by atoms with E-state index in [-0.39, 0.29) is 18.2 Å². The maximum atomic E-state index is 12.6. The molecule has 0 radical (unpaired) electrons. The second kappa shape index (κ2) is 8.76. The molecule has 1 aliphatic heterocycles. The number of nitrogens with zero attached hydrogens (tertiary/aromatic N) is 3. The number of carbonyl (C=O) groups is 2. The summed E-state index contributed by atoms with van der Waals surface area (Å²) in [6.07, 6.45) is -0.0966. The van der Waals surface area contributed by atoms with Crippen LogP contribution in [0.4, 0.5) is 11.6 Å². The van der Waals surface area contributed by atoms with Gasteiger partial charge in [-0.15, -0.1) is 5.10 Å². The Kier molecular flexibility index (Phi) is 5.91. The van der Waals surface area contributed by atoms with E-state index in [9.17, 15) is 9.59 Å². The van der Waals surface area contributed by atoms with E-state index >= 15 is 0 Å². The van der Waals surface area contributed by atoms with Crippen LogP contribution in [0.5, 0.6) is 5.75 Å². The summed E-state index contributed by atoms with van der Waals surface area (Å²) in [5.74, 6) is 0.839. The van der Waals surface area contributed by atoms with Gasteiger partial charge in [-0.2, -0.15) is 4.98 Å². The fourth-order valence-electron chi connectivity index (χ4n) is 3.03. The van der Waals surface area contributed by atoms with Crippen LogP contribution in [0.2, 0.25) is 5.02 Å². The van der Waals surface area contributed by atoms with E-state index in [1.807, 2.05) is 30.3 Å². The molecule has 3 aromatic rings. The molecule has 0 spiro atoms. The number of benzene rings is 2. The number of hydrogen-bond acceptors (Lipinski definition) is 6. The number of thioether (sulfide) groups is 1. The van der Waals surface area contributed by atoms with E-state index in [0.29, 0.717) is 33.3 Å². The van der Waals surface area contributed by atoms with Gasteiger partial charge in [0, 0.05) is 10.8 Å². The number of nitrogens with one attached hydrogen (secondary N) is 2. The zero-order valence-electron chi connectivity index (χ0n) is 16.0. The van der Waals surface area contributed by atoms with E-state index in [0.717, 1.165) is 5.56 Å². The van der Waals surface area contributed by atoms with Crippen LogP contribution in [0.25, 0.3) is 0 Å². The van der Waals surface area contributed by atoms with Gasteiger partial charge in [-0.25, -0.2) is 4.68 Å². The minimum absolute atomic E-state index is 0.0966. The highest BCUT2D eigenvalue weighted by molar-refractivity contribution is 7.98. The first-order chi connectivity index (χ1) is 14.5. The lowest BCUT2D eigenvalue weighted by atomic mass is 10.2. The Labute approximate surface area is 182 Å². The van der Waals surface area contributed by atoms with Gasteiger partial charge < -0.3 is 10.1 Å². The molecule has 154 valence electrons. The highest BCUT2D eigenvalue weighted by atomic mass is 35.5. The van der Waals surface area contributed by atoms with Gasteiger partial charge in [-0.05, 0) is 23.8 Å². The van der Waals surface area contributed by atoms with Crippen molar-refractivity contribution in [2.75, 3.05) is 17.7 Å². The molecule has 0 bridgehead atoms. The van der Waals surface area contributed by atoms with E-state index in [2.05, 4.69) is 20.7 Å². The first-order valence-corrected chi connectivity index (χ1v) is 10.5. The largest absolute Gasteiger partial charge is 0.495 e. The molecular formula is C20H18ClN5O3S. The average molecular weight is 444 g/mol. The molecule has 10 heteroatoms. The molecule has 2 N–H and O–H groups in total. The summed E-state index contributed by atoms with van der Waals surface area (Å²) in [6, 6.07) is 14.1. The van der Waals surface area contributed by atoms with Crippen molar-refractivity contribution < 1.29 is 14.3 Å². The Morgan fingerprint density at radius 2 is 2.10 bits per heavy atom. The molecule has 0 fully saturated rings. The Bertz CT molecular complexity index is 1090. The molecule has 1 atom stereocenters. The van der Waals surface area contributed by atoms with E-state index in [1.54, 1.807) is 18.2 Å². The quantitative estimate of drug-likeness (QED) is 0.539. The molecule has 8 nitrogen and oxygen atoms in total. The summed E-state index contributed by atoms with van der Waals surface area (Å²) in [5, 5.41) is 10.8. The third-order valence-corrected chi connectivity index (χ3v) is 5.61. The van der Waals surface area contributed by atoms with Crippen LogP contribution in [0.1, 0.15) is 18.0 Å². The molecule has 2 heterocycles. The SMILES string of the molecule is COc1ccc(Cl)cc1NC(=O)C[C@H]1C(=O)Nc2nc(SCc3ccccc3)nn21. The van der Waals surface area contributed by atoms with Crippen LogP contribution >= 0.6 is 23.4 Å². The summed E-state index contributed by atoms with van der Waals surface area (Å²) in [6.45, 7) is 0. The minimum Gasteiger partial charge on any atom is -0.495 e. The first-order valence-electron chi connectivity index (χ1n) is 9.11. The number of anilines is 2. The standard InChI is InChI=1S/C20H18ClN5O3S/c1-29-16-8-7-13(21)9-14(16)22-17(27)10-15-18(28)23-19-24-20(25-26(15)19)30-11-12-5-3-2-4-6-12/h2-9,15H,10-11H2,1H3,(H,22,27)(H,23,24,25,28)/t15-/m0/s1. The van der Waals surface area contributed by atoms with Crippen LogP contribution < -0.4 is 15.4 Å². The minimum atomic E-state index is -0.774. The van der Waals surface area contributed by atoms with Crippen molar-refractivity contribution in [3.63, 3.8) is 0 Å². The van der Waals surface area contributed by atoms with Crippen molar-refractivity contribution in [1.82, 2.24) is 14.8 Å². The van der Waals surface area contributed by atoms with Gasteiger partial charge in [0.2, 0.25) is 17.0 Å². The lowest BCUT2D eigenvalue weighted by Gasteiger charge is -2.12. The van der Waals surface area contributed by atoms with Gasteiger partial charge in [0.05, 0.1) is 19.2 Å². The van der Waals surface area contributed by atoms with Crippen LogP contribution in [0.15, 0.2) is 53.7 Å². The van der Waals surface area contributed by atoms with Crippen molar-refractivity contribution in [1.29, 1.82) is 0 Å². The van der Waals surface area contributed by atoms with Gasteiger partial charge in [0.25, 0.3) is 5.91 Å². The maximum Gasteiger partial charge on any atom is 0.252 e. The summed E-state index contributed by atoms with van der Waals surface area (Å²) < 4.78 is 6.70. The zero-order chi connectivity index (χ0) is 21.1. The highest BCUT2D eigenvalue weighted by Crippen LogP contribution is 2.31. The predicted octanol–water partition coefficient (Wildman–Crippen LogP) is 3.75. The number of hydrogen-bond donors (Lipinski definition) is 2. The van der Waals surface area contributed by atoms with Crippen molar-refractivity contribution >= 4 is 46.8 Å². The van der Waals surface area contributed by atoms with E-state index in [4.69, 9.17) is 16.3 Å². The number of ether oxygens (including phenoxy) is 1. The molecule has 0 unspecified atom stereocenters. The molecule has 0 saturated carbocycles. The number of fused-ring (bicyclic) bond motifs is 1. The Morgan fingerprint density at radius 1 is 1.30 bits per heavy atom. The molecule has 4 rings (SSSR count). The van der Waals surface area contributed by atoms with E-state index in [1.165, 1.54) is 23.6 Å². The maximum absolute atomic E-state index is 12.6. The van der Waals surface area contributed by atoms with Gasteiger partial charge in [0.15, 0.2) is 0 Å². The topological polar surface area (TPSA) is 98.1 Å². The number of rotatable bonds is 7. The second-order valence-electron chi connectivity index (χ2n) is 6.54. The third-order valence-electron chi connectivity index (χ3n) is 4.47. The van der Waals surface area contributed by atoms with E-state index < -0.39 is 6.04 Å². The number of halogens is 1. The van der Waals surface area contributed by atoms with Gasteiger partial charge in [-0.3, -0.25) is 14.9 Å². The number of carbonyl (C=O) groups excluding carboxylic acids is 2. The summed E-state index contributed by atoms with van der Waals surface area (Å²) in [4.78, 5) is 29.2. The van der Waals surface area contributed by atoms with Crippen molar-refractivity contribution in [3.05, 3.63) is 59.1 Å². The second-order valence-corrected chi connectivity index (χ2v) is 7.92. The molecule has 2 amide bonds. The lowest BCUT2D eigenvalue weighted by molar-refractivity contribution is -0.123. The van der Waals surface area contributed by atoms with Crippen LogP contribution in [0.3, 0.4) is 0 Å². The van der Waals surface area contributed by atoms with Crippen molar-refractivity contribution in [3.8, 4) is 5.75 Å². The Hall–Kier alpha value is -3.04. The van der Waals surface area contributed by atoms with Crippen molar-refractivity contribution in [2.24, 2.45) is 0 Å². The normalized spacial score (nSPS) is 14.9. The molecule has 1 aromatic heterocycles. The molecule has 2 aromatic carbocycles. The Morgan fingerprint density at radius 3 is 2.87 bits per heavy atom. The number of amides is 2. The summed E-state index contributed by atoms with van der Waals surface area (Å²) >= 11 is 7.46. The first kappa shape index (κ1) is 20.2. The zero-order valence-corrected chi connectivity index (χ0v) is 17.5. The molecule has 0 saturated heterocycles. The van der Waals surface area contributed by atoms with Crippen LogP contribution in [-0.4, -0.2) is 33.7 Å². The van der Waals surface area contributed by atoms with Crippen LogP contribution in [-0.2, 0) is 15.3 Å². The molecule has 1 aliphatic rings. The highest BCUT2D eigenvalue weighted by Gasteiger charge is 2.35. The van der Waals surface area contributed by atoms with Crippen molar-refractivity contribution in [2.45, 2.75) is 23.4 Å². The molecule has 30 heavy (non-hydrogen) atoms. The van der Waals surface area contributed by atoms with Gasteiger partial charge in [-0.1, -0.05) is 53.7 Å². The fourth-order valence-corrected chi connectivity index (χ4v) is 3.98. The Balaban J connectivity index is 1.43. The number of aromatic nitrogens is 3. The molecule has 0 aliphatic carbocycles. The number of methoxy groups -OCH3 is 1. The molecular weight excluding hydrogens is 426 g/mol. The monoisotopic (exact) mass is 443 g/mol. The average Bonchev–Trinajstić information content (AvgIpc) is 3.25. The third kappa shape index (κ3) is 4.42. The predicted molar refractivity (Wildman–Crippen MR) is 115 cm³/mol. The van der Waals surface area contributed by atoms with Gasteiger partial charge in [0.1, 0.15) is 11.8 Å². The fraction of sp³-hybridized carbons (Fsp3) is 0.200. The summed E-state index contributed by atoms with van der Waals surface area (Å²) in [5.41, 5.74) is 1.58. The summed E-state index contributed by atoms with van der Waals surface area (Å²) in [7, 11) is 1.50.